The summed E-state index contributed by atoms with van der Waals surface area (Å²) < 4.78 is 39.7. The van der Waals surface area contributed by atoms with E-state index in [1.54, 1.807) is 0 Å². The number of hydrogen-bond acceptors (Lipinski definition) is 5. The molecule has 0 aliphatic carbocycles. The maximum Gasteiger partial charge on any atom is 0.442 e. The zero-order valence-corrected chi connectivity index (χ0v) is 9.92. The van der Waals surface area contributed by atoms with Crippen molar-refractivity contribution in [3.63, 3.8) is 0 Å². The van der Waals surface area contributed by atoms with Crippen LogP contribution in [0.15, 0.2) is 23.6 Å². The molecule has 1 aliphatic rings. The van der Waals surface area contributed by atoms with E-state index >= 15 is 0 Å². The summed E-state index contributed by atoms with van der Waals surface area (Å²) in [6, 6.07) is 0. The van der Waals surface area contributed by atoms with E-state index in [1.165, 1.54) is 12.4 Å². The zero-order valence-electron chi connectivity index (χ0n) is 9.92. The average Bonchev–Trinajstić information content (AvgIpc) is 2.70. The highest BCUT2D eigenvalue weighted by molar-refractivity contribution is 6.02. The van der Waals surface area contributed by atoms with Crippen molar-refractivity contribution in [2.45, 2.75) is 11.8 Å². The third-order valence-corrected chi connectivity index (χ3v) is 2.51. The third-order valence-electron chi connectivity index (χ3n) is 2.51. The molecule has 2 rings (SSSR count). The molecule has 9 heteroatoms. The fourth-order valence-electron chi connectivity index (χ4n) is 1.58. The Morgan fingerprint density at radius 2 is 2.20 bits per heavy atom. The Kier molecular flexibility index (Phi) is 3.31. The van der Waals surface area contributed by atoms with E-state index in [-0.39, 0.29) is 12.4 Å². The predicted molar refractivity (Wildman–Crippen MR) is 63.5 cm³/mol. The Morgan fingerprint density at radius 1 is 1.45 bits per heavy atom. The number of terminal acetylenes is 1. The molecule has 0 bridgehead atoms. The van der Waals surface area contributed by atoms with Gasteiger partial charge < -0.3 is 5.32 Å². The second kappa shape index (κ2) is 4.80. The van der Waals surface area contributed by atoms with Gasteiger partial charge in [0, 0.05) is 12.4 Å². The summed E-state index contributed by atoms with van der Waals surface area (Å²) in [5.41, 5.74) is -3.13. The molecule has 1 unspecified atom stereocenters. The van der Waals surface area contributed by atoms with Crippen LogP contribution in [0.1, 0.15) is 0 Å². The van der Waals surface area contributed by atoms with E-state index in [1.807, 2.05) is 5.32 Å². The topological polar surface area (TPSA) is 70.5 Å². The molecule has 1 aromatic rings. The summed E-state index contributed by atoms with van der Waals surface area (Å²) in [5.74, 6) is 0.548. The lowest BCUT2D eigenvalue weighted by Crippen LogP contribution is -2.57. The summed E-state index contributed by atoms with van der Waals surface area (Å²) in [7, 11) is 0. The van der Waals surface area contributed by atoms with Crippen LogP contribution in [-0.4, -0.2) is 45.5 Å². The van der Waals surface area contributed by atoms with Crippen molar-refractivity contribution in [1.82, 2.24) is 14.9 Å². The lowest BCUT2D eigenvalue weighted by molar-refractivity contribution is -0.185. The Bertz CT molecular complexity index is 580. The molecule has 0 radical (unpaired) electrons. The Hall–Kier alpha value is -2.63. The van der Waals surface area contributed by atoms with Crippen molar-refractivity contribution in [2.75, 3.05) is 11.9 Å². The van der Waals surface area contributed by atoms with Crippen LogP contribution in [0.4, 0.5) is 19.0 Å². The Balaban J connectivity index is 2.38. The number of carbonyl (C=O) groups is 1. The van der Waals surface area contributed by atoms with Crippen molar-refractivity contribution in [1.29, 1.82) is 0 Å². The monoisotopic (exact) mass is 283 g/mol. The van der Waals surface area contributed by atoms with Gasteiger partial charge in [-0.3, -0.25) is 14.7 Å². The fraction of sp³-hybridized carbons (Fsp3) is 0.273. The smallest absolute Gasteiger partial charge is 0.329 e. The molecule has 0 fully saturated rings. The second-order valence-electron chi connectivity index (χ2n) is 3.81. The molecule has 1 aliphatic heterocycles. The zero-order chi connectivity index (χ0) is 14.8. The predicted octanol–water partition coefficient (Wildman–Crippen LogP) is 0.651. The Labute approximate surface area is 111 Å². The van der Waals surface area contributed by atoms with Crippen LogP contribution >= 0.6 is 0 Å². The second-order valence-corrected chi connectivity index (χ2v) is 3.81. The normalized spacial score (nSPS) is 21.9. The molecule has 1 N–H and O–H groups in total. The van der Waals surface area contributed by atoms with E-state index in [9.17, 15) is 18.0 Å². The number of nitrogens with one attached hydrogen (secondary N) is 1. The molecule has 104 valence electrons. The van der Waals surface area contributed by atoms with E-state index in [0.717, 1.165) is 12.5 Å². The number of hydrogen-bond donors (Lipinski definition) is 1. The maximum absolute atomic E-state index is 13.2. The van der Waals surface area contributed by atoms with Crippen molar-refractivity contribution in [2.24, 2.45) is 4.99 Å². The average molecular weight is 283 g/mol. The molecule has 0 saturated heterocycles. The molecule has 6 nitrogen and oxygen atoms in total. The molecular formula is C11H8F3N5O. The van der Waals surface area contributed by atoms with Gasteiger partial charge in [-0.25, -0.2) is 9.98 Å². The van der Waals surface area contributed by atoms with Crippen LogP contribution in [0.3, 0.4) is 0 Å². The number of alkyl halides is 3. The van der Waals surface area contributed by atoms with Gasteiger partial charge in [-0.2, -0.15) is 13.2 Å². The van der Waals surface area contributed by atoms with Gasteiger partial charge in [0.05, 0.1) is 19.1 Å². The van der Waals surface area contributed by atoms with Crippen molar-refractivity contribution < 1.29 is 18.0 Å². The largest absolute Gasteiger partial charge is 0.442 e. The van der Waals surface area contributed by atoms with Gasteiger partial charge in [0.15, 0.2) is 0 Å². The first-order valence-electron chi connectivity index (χ1n) is 5.31. The number of anilines is 1. The summed E-state index contributed by atoms with van der Waals surface area (Å²) in [6.45, 7) is -0.303. The number of nitrogens with zero attached hydrogens (tertiary/aromatic N) is 4. The highest BCUT2D eigenvalue weighted by Crippen LogP contribution is 2.38. The SMILES string of the molecule is C#CCN1C=NC(Nc2cnccn2)(C(F)(F)F)C1=O. The molecule has 0 spiro atoms. The molecular weight excluding hydrogens is 275 g/mol. The fourth-order valence-corrected chi connectivity index (χ4v) is 1.58. The van der Waals surface area contributed by atoms with E-state index in [2.05, 4.69) is 20.9 Å². The number of rotatable bonds is 3. The van der Waals surface area contributed by atoms with Gasteiger partial charge in [-0.15, -0.1) is 6.42 Å². The van der Waals surface area contributed by atoms with Crippen molar-refractivity contribution >= 4 is 18.1 Å². The van der Waals surface area contributed by atoms with Gasteiger partial charge in [0.25, 0.3) is 5.91 Å². The van der Waals surface area contributed by atoms with Gasteiger partial charge in [-0.05, 0) is 0 Å². The van der Waals surface area contributed by atoms with Gasteiger partial charge in [-0.1, -0.05) is 5.92 Å². The number of carbonyl (C=O) groups excluding carboxylic acids is 1. The quantitative estimate of drug-likeness (QED) is 0.827. The highest BCUT2D eigenvalue weighted by Gasteiger charge is 2.65. The summed E-state index contributed by atoms with van der Waals surface area (Å²) in [4.78, 5) is 23.2. The molecule has 1 amide bonds. The minimum atomic E-state index is -4.96. The number of aromatic nitrogens is 2. The summed E-state index contributed by atoms with van der Waals surface area (Å²) >= 11 is 0. The highest BCUT2D eigenvalue weighted by atomic mass is 19.4. The minimum Gasteiger partial charge on any atom is -0.329 e. The van der Waals surface area contributed by atoms with Crippen LogP contribution < -0.4 is 5.32 Å². The first kappa shape index (κ1) is 13.8. The van der Waals surface area contributed by atoms with Crippen molar-refractivity contribution in [3.8, 4) is 12.3 Å². The lowest BCUT2D eigenvalue weighted by atomic mass is 10.1. The third kappa shape index (κ3) is 2.16. The molecule has 0 aromatic carbocycles. The number of aliphatic imine (C=N–C) groups is 1. The maximum atomic E-state index is 13.2. The molecule has 1 aromatic heterocycles. The van der Waals surface area contributed by atoms with Crippen LogP contribution in [-0.2, 0) is 4.79 Å². The first-order chi connectivity index (χ1) is 9.40. The van der Waals surface area contributed by atoms with Crippen LogP contribution in [0, 0.1) is 12.3 Å². The lowest BCUT2D eigenvalue weighted by Gasteiger charge is -2.28. The molecule has 1 atom stereocenters. The van der Waals surface area contributed by atoms with Gasteiger partial charge in [0.1, 0.15) is 5.82 Å². The van der Waals surface area contributed by atoms with Crippen LogP contribution in [0.5, 0.6) is 0 Å². The van der Waals surface area contributed by atoms with E-state index in [0.29, 0.717) is 4.90 Å². The minimum absolute atomic E-state index is 0.224. The first-order valence-corrected chi connectivity index (χ1v) is 5.31. The number of halogens is 3. The standard InChI is InChI=1S/C11H8F3N5O/c1-2-5-19-7-17-10(9(19)20,11(12,13)14)18-8-6-15-3-4-16-8/h1,3-4,6-7H,5H2,(H,16,18). The van der Waals surface area contributed by atoms with E-state index in [4.69, 9.17) is 6.42 Å². The Morgan fingerprint density at radius 3 is 2.75 bits per heavy atom. The van der Waals surface area contributed by atoms with E-state index < -0.39 is 17.7 Å². The summed E-state index contributed by atoms with van der Waals surface area (Å²) in [6.07, 6.45) is 4.33. The molecule has 20 heavy (non-hydrogen) atoms. The van der Waals surface area contributed by atoms with Crippen LogP contribution in [0.2, 0.25) is 0 Å². The van der Waals surface area contributed by atoms with Crippen LogP contribution in [0.25, 0.3) is 0 Å². The van der Waals surface area contributed by atoms with Crippen molar-refractivity contribution in [3.05, 3.63) is 18.6 Å². The van der Waals surface area contributed by atoms with Gasteiger partial charge in [0.2, 0.25) is 0 Å². The van der Waals surface area contributed by atoms with Gasteiger partial charge >= 0.3 is 11.8 Å². The summed E-state index contributed by atoms with van der Waals surface area (Å²) in [5, 5.41) is 1.98. The molecule has 0 saturated carbocycles. The number of amides is 1. The molecule has 2 heterocycles.